The normalized spacial score (nSPS) is 20.8. The van der Waals surface area contributed by atoms with Crippen molar-refractivity contribution in [1.82, 2.24) is 0 Å². The number of dihydropyridines is 1. The van der Waals surface area contributed by atoms with Crippen LogP contribution in [-0.4, -0.2) is 31.1 Å². The number of methoxy groups -OCH3 is 1. The van der Waals surface area contributed by atoms with E-state index in [0.717, 1.165) is 0 Å². The van der Waals surface area contributed by atoms with Gasteiger partial charge < -0.3 is 4.74 Å². The zero-order valence-electron chi connectivity index (χ0n) is 7.61. The van der Waals surface area contributed by atoms with Gasteiger partial charge in [0.1, 0.15) is 6.04 Å². The minimum absolute atomic E-state index is 0.0106. The van der Waals surface area contributed by atoms with E-state index in [4.69, 9.17) is 0 Å². The molecule has 1 aliphatic heterocycles. The maximum atomic E-state index is 11.0. The summed E-state index contributed by atoms with van der Waals surface area (Å²) < 4.78 is 4.50. The van der Waals surface area contributed by atoms with Crippen LogP contribution < -0.4 is 0 Å². The molecule has 0 spiro atoms. The van der Waals surface area contributed by atoms with Crippen molar-refractivity contribution in [2.45, 2.75) is 19.4 Å². The number of ketones is 1. The van der Waals surface area contributed by atoms with Gasteiger partial charge in [-0.15, -0.1) is 0 Å². The van der Waals surface area contributed by atoms with Crippen LogP contribution in [-0.2, 0) is 14.3 Å². The molecule has 0 aliphatic carbocycles. The van der Waals surface area contributed by atoms with E-state index >= 15 is 0 Å². The molecule has 0 aromatic carbocycles. The first-order chi connectivity index (χ1) is 6.15. The number of Topliss-reactive ketones (excluding diaryl/α,β-unsaturated/α-hetero) is 1. The van der Waals surface area contributed by atoms with Crippen LogP contribution in [0, 0.1) is 0 Å². The summed E-state index contributed by atoms with van der Waals surface area (Å²) in [5.41, 5.74) is 0.417. The van der Waals surface area contributed by atoms with Crippen molar-refractivity contribution in [3.63, 3.8) is 0 Å². The van der Waals surface area contributed by atoms with E-state index in [1.807, 2.05) is 0 Å². The third-order valence-corrected chi connectivity index (χ3v) is 1.84. The van der Waals surface area contributed by atoms with Gasteiger partial charge in [0, 0.05) is 6.21 Å². The van der Waals surface area contributed by atoms with E-state index in [2.05, 4.69) is 9.73 Å². The quantitative estimate of drug-likeness (QED) is 0.583. The van der Waals surface area contributed by atoms with Crippen LogP contribution in [0.25, 0.3) is 0 Å². The lowest BCUT2D eigenvalue weighted by Gasteiger charge is -2.11. The maximum Gasteiger partial charge on any atom is 0.339 e. The van der Waals surface area contributed by atoms with Crippen LogP contribution in [0.5, 0.6) is 0 Å². The highest BCUT2D eigenvalue weighted by Crippen LogP contribution is 2.10. The Hall–Kier alpha value is -1.45. The molecule has 4 heteroatoms. The second-order valence-corrected chi connectivity index (χ2v) is 2.79. The summed E-state index contributed by atoms with van der Waals surface area (Å²) in [5.74, 6) is -0.401. The Morgan fingerprint density at radius 1 is 1.62 bits per heavy atom. The molecule has 0 saturated carbocycles. The van der Waals surface area contributed by atoms with E-state index in [-0.39, 0.29) is 11.8 Å². The van der Waals surface area contributed by atoms with Crippen molar-refractivity contribution >= 4 is 18.0 Å². The van der Waals surface area contributed by atoms with Crippen LogP contribution >= 0.6 is 0 Å². The largest absolute Gasteiger partial charge is 0.465 e. The molecular formula is C9H11NO3. The summed E-state index contributed by atoms with van der Waals surface area (Å²) in [6, 6.07) is -0.326. The molecular weight excluding hydrogens is 170 g/mol. The molecule has 0 N–H and O–H groups in total. The van der Waals surface area contributed by atoms with Gasteiger partial charge in [-0.25, -0.2) is 4.79 Å². The Balaban J connectivity index is 2.65. The zero-order chi connectivity index (χ0) is 9.84. The number of hydrogen-bond donors (Lipinski definition) is 0. The highest BCUT2D eigenvalue weighted by Gasteiger charge is 2.17. The Bertz CT molecular complexity index is 291. The van der Waals surface area contributed by atoms with Crippen molar-refractivity contribution in [2.24, 2.45) is 4.99 Å². The third kappa shape index (κ3) is 2.24. The Labute approximate surface area is 76.3 Å². The highest BCUT2D eigenvalue weighted by molar-refractivity contribution is 6.10. The predicted molar refractivity (Wildman–Crippen MR) is 47.7 cm³/mol. The number of ether oxygens (including phenoxy) is 1. The summed E-state index contributed by atoms with van der Waals surface area (Å²) in [4.78, 5) is 25.8. The number of rotatable bonds is 2. The molecule has 4 nitrogen and oxygen atoms in total. The Morgan fingerprint density at radius 2 is 2.31 bits per heavy atom. The van der Waals surface area contributed by atoms with Gasteiger partial charge >= 0.3 is 5.97 Å². The molecule has 1 unspecified atom stereocenters. The van der Waals surface area contributed by atoms with Gasteiger partial charge in [0.2, 0.25) is 0 Å². The Kier molecular flexibility index (Phi) is 2.95. The lowest BCUT2D eigenvalue weighted by atomic mass is 10.1. The third-order valence-electron chi connectivity index (χ3n) is 1.84. The van der Waals surface area contributed by atoms with Crippen LogP contribution in [0.1, 0.15) is 13.3 Å². The summed E-state index contributed by atoms with van der Waals surface area (Å²) in [5, 5.41) is 0. The second kappa shape index (κ2) is 3.98. The van der Waals surface area contributed by atoms with Crippen molar-refractivity contribution in [3.8, 4) is 0 Å². The molecule has 1 heterocycles. The maximum absolute atomic E-state index is 11.0. The molecule has 0 aromatic heterocycles. The number of nitrogens with zero attached hydrogens (tertiary/aromatic N) is 1. The lowest BCUT2D eigenvalue weighted by molar-refractivity contribution is -0.135. The predicted octanol–water partition coefficient (Wildman–Crippen LogP) is 0.518. The molecule has 0 saturated heterocycles. The van der Waals surface area contributed by atoms with Gasteiger partial charge in [0.25, 0.3) is 0 Å². The first-order valence-corrected chi connectivity index (χ1v) is 3.97. The minimum atomic E-state index is -0.411. The SMILES string of the molecule is COC(=O)C1=CCC(C(C)=O)N=C1. The molecule has 0 bridgehead atoms. The summed E-state index contributed by atoms with van der Waals surface area (Å²) in [6.07, 6.45) is 3.54. The molecule has 0 aromatic rings. The first-order valence-electron chi connectivity index (χ1n) is 3.97. The van der Waals surface area contributed by atoms with E-state index < -0.39 is 5.97 Å². The summed E-state index contributed by atoms with van der Waals surface area (Å²) in [6.45, 7) is 1.49. The first kappa shape index (κ1) is 9.64. The van der Waals surface area contributed by atoms with Gasteiger partial charge in [-0.05, 0) is 13.3 Å². The number of hydrogen-bond acceptors (Lipinski definition) is 4. The molecule has 0 amide bonds. The van der Waals surface area contributed by atoms with Gasteiger partial charge in [-0.3, -0.25) is 9.79 Å². The molecule has 1 atom stereocenters. The number of carbonyl (C=O) groups is 2. The number of esters is 1. The van der Waals surface area contributed by atoms with Crippen molar-refractivity contribution < 1.29 is 14.3 Å². The van der Waals surface area contributed by atoms with Crippen LogP contribution in [0.3, 0.4) is 0 Å². The van der Waals surface area contributed by atoms with Crippen molar-refractivity contribution in [3.05, 3.63) is 11.6 Å². The number of carbonyl (C=O) groups excluding carboxylic acids is 2. The van der Waals surface area contributed by atoms with Gasteiger partial charge in [0.05, 0.1) is 12.7 Å². The number of aliphatic imine (C=N–C) groups is 1. The van der Waals surface area contributed by atoms with E-state index in [1.54, 1.807) is 6.08 Å². The topological polar surface area (TPSA) is 55.7 Å². The summed E-state index contributed by atoms with van der Waals surface area (Å²) in [7, 11) is 1.31. The van der Waals surface area contributed by atoms with Crippen LogP contribution in [0.4, 0.5) is 0 Å². The average molecular weight is 181 g/mol. The minimum Gasteiger partial charge on any atom is -0.465 e. The fourth-order valence-corrected chi connectivity index (χ4v) is 1.05. The molecule has 1 rings (SSSR count). The second-order valence-electron chi connectivity index (χ2n) is 2.79. The van der Waals surface area contributed by atoms with Gasteiger partial charge in [-0.1, -0.05) is 6.08 Å². The van der Waals surface area contributed by atoms with E-state index in [0.29, 0.717) is 12.0 Å². The molecule has 0 fully saturated rings. The van der Waals surface area contributed by atoms with Crippen LogP contribution in [0.15, 0.2) is 16.6 Å². The molecule has 70 valence electrons. The van der Waals surface area contributed by atoms with E-state index in [1.165, 1.54) is 20.2 Å². The van der Waals surface area contributed by atoms with Gasteiger partial charge in [-0.2, -0.15) is 0 Å². The standard InChI is InChI=1S/C9H11NO3/c1-6(11)8-4-3-7(5-10-8)9(12)13-2/h3,5,8H,4H2,1-2H3. The fourth-order valence-electron chi connectivity index (χ4n) is 1.05. The van der Waals surface area contributed by atoms with Crippen molar-refractivity contribution in [1.29, 1.82) is 0 Å². The Morgan fingerprint density at radius 3 is 2.69 bits per heavy atom. The van der Waals surface area contributed by atoms with Crippen molar-refractivity contribution in [2.75, 3.05) is 7.11 Å². The molecule has 0 radical (unpaired) electrons. The monoisotopic (exact) mass is 181 g/mol. The highest BCUT2D eigenvalue weighted by atomic mass is 16.5. The zero-order valence-corrected chi connectivity index (χ0v) is 7.61. The van der Waals surface area contributed by atoms with Gasteiger partial charge in [0.15, 0.2) is 5.78 Å². The summed E-state index contributed by atoms with van der Waals surface area (Å²) >= 11 is 0. The lowest BCUT2D eigenvalue weighted by Crippen LogP contribution is -2.20. The van der Waals surface area contributed by atoms with E-state index in [9.17, 15) is 9.59 Å². The average Bonchev–Trinajstić information content (AvgIpc) is 2.17. The molecule has 13 heavy (non-hydrogen) atoms. The fraction of sp³-hybridized carbons (Fsp3) is 0.444. The smallest absolute Gasteiger partial charge is 0.339 e. The molecule has 1 aliphatic rings. The van der Waals surface area contributed by atoms with Crippen LogP contribution in [0.2, 0.25) is 0 Å².